The molecule has 0 spiro atoms. The van der Waals surface area contributed by atoms with E-state index >= 15 is 0 Å². The first-order valence-electron chi connectivity index (χ1n) is 6.35. The SMILES string of the molecule is CC1CCCCC1NCC1=CCCOC1. The molecule has 1 fully saturated rings. The molecule has 0 saturated heterocycles. The van der Waals surface area contributed by atoms with E-state index in [0.29, 0.717) is 0 Å². The number of ether oxygens (including phenoxy) is 1. The Hall–Kier alpha value is -0.340. The fourth-order valence-corrected chi connectivity index (χ4v) is 2.61. The van der Waals surface area contributed by atoms with Crippen LogP contribution in [0.15, 0.2) is 11.6 Å². The van der Waals surface area contributed by atoms with Gasteiger partial charge in [-0.2, -0.15) is 0 Å². The van der Waals surface area contributed by atoms with Crippen molar-refractivity contribution >= 4 is 0 Å². The minimum atomic E-state index is 0.738. The van der Waals surface area contributed by atoms with E-state index in [9.17, 15) is 0 Å². The van der Waals surface area contributed by atoms with Gasteiger partial charge in [0.25, 0.3) is 0 Å². The van der Waals surface area contributed by atoms with Crippen LogP contribution >= 0.6 is 0 Å². The van der Waals surface area contributed by atoms with Gasteiger partial charge < -0.3 is 10.1 Å². The lowest BCUT2D eigenvalue weighted by molar-refractivity contribution is 0.147. The standard InChI is InChI=1S/C13H23NO/c1-11-5-2-3-7-13(11)14-9-12-6-4-8-15-10-12/h6,11,13-14H,2-5,7-10H2,1H3. The Morgan fingerprint density at radius 1 is 1.40 bits per heavy atom. The summed E-state index contributed by atoms with van der Waals surface area (Å²) < 4.78 is 5.44. The van der Waals surface area contributed by atoms with E-state index in [-0.39, 0.29) is 0 Å². The lowest BCUT2D eigenvalue weighted by atomic mass is 9.86. The zero-order chi connectivity index (χ0) is 10.5. The van der Waals surface area contributed by atoms with Crippen LogP contribution in [0.2, 0.25) is 0 Å². The highest BCUT2D eigenvalue weighted by molar-refractivity contribution is 5.07. The van der Waals surface area contributed by atoms with E-state index in [2.05, 4.69) is 18.3 Å². The van der Waals surface area contributed by atoms with Crippen molar-refractivity contribution in [1.82, 2.24) is 5.32 Å². The second kappa shape index (κ2) is 5.66. The molecule has 1 heterocycles. The second-order valence-electron chi connectivity index (χ2n) is 4.95. The van der Waals surface area contributed by atoms with E-state index < -0.39 is 0 Å². The predicted octanol–water partition coefficient (Wildman–Crippen LogP) is 2.50. The topological polar surface area (TPSA) is 21.3 Å². The van der Waals surface area contributed by atoms with Crippen LogP contribution in [0.3, 0.4) is 0 Å². The van der Waals surface area contributed by atoms with Crippen molar-refractivity contribution in [3.05, 3.63) is 11.6 Å². The molecule has 0 aromatic heterocycles. The first kappa shape index (κ1) is 11.2. The molecule has 2 rings (SSSR count). The summed E-state index contributed by atoms with van der Waals surface area (Å²) in [6, 6.07) is 0.738. The number of hydrogen-bond acceptors (Lipinski definition) is 2. The minimum Gasteiger partial charge on any atom is -0.377 e. The summed E-state index contributed by atoms with van der Waals surface area (Å²) in [6.45, 7) is 5.16. The summed E-state index contributed by atoms with van der Waals surface area (Å²) in [5.74, 6) is 0.851. The average Bonchev–Trinajstić information content (AvgIpc) is 2.29. The van der Waals surface area contributed by atoms with Crippen LogP contribution in [0.5, 0.6) is 0 Å². The van der Waals surface area contributed by atoms with Gasteiger partial charge in [0, 0.05) is 12.6 Å². The van der Waals surface area contributed by atoms with Crippen molar-refractivity contribution in [2.75, 3.05) is 19.8 Å². The lowest BCUT2D eigenvalue weighted by Gasteiger charge is -2.30. The third kappa shape index (κ3) is 3.32. The normalized spacial score (nSPS) is 32.5. The van der Waals surface area contributed by atoms with E-state index in [1.54, 1.807) is 0 Å². The van der Waals surface area contributed by atoms with Gasteiger partial charge in [0.2, 0.25) is 0 Å². The molecule has 1 saturated carbocycles. The number of hydrogen-bond donors (Lipinski definition) is 1. The Kier molecular flexibility index (Phi) is 4.21. The molecular weight excluding hydrogens is 186 g/mol. The molecule has 0 amide bonds. The van der Waals surface area contributed by atoms with E-state index in [0.717, 1.165) is 38.1 Å². The molecule has 0 aromatic rings. The highest BCUT2D eigenvalue weighted by atomic mass is 16.5. The number of nitrogens with one attached hydrogen (secondary N) is 1. The van der Waals surface area contributed by atoms with Crippen LogP contribution in [-0.4, -0.2) is 25.8 Å². The van der Waals surface area contributed by atoms with Gasteiger partial charge in [-0.25, -0.2) is 0 Å². The van der Waals surface area contributed by atoms with Crippen molar-refractivity contribution < 1.29 is 4.74 Å². The van der Waals surface area contributed by atoms with Gasteiger partial charge in [-0.15, -0.1) is 0 Å². The lowest BCUT2D eigenvalue weighted by Crippen LogP contribution is -2.38. The fraction of sp³-hybridized carbons (Fsp3) is 0.846. The third-order valence-corrected chi connectivity index (χ3v) is 3.69. The van der Waals surface area contributed by atoms with Gasteiger partial charge in [0.15, 0.2) is 0 Å². The summed E-state index contributed by atoms with van der Waals surface area (Å²) in [6.07, 6.45) is 9.01. The van der Waals surface area contributed by atoms with Crippen molar-refractivity contribution in [2.45, 2.75) is 45.1 Å². The van der Waals surface area contributed by atoms with Gasteiger partial charge in [0.05, 0.1) is 13.2 Å². The first-order chi connectivity index (χ1) is 7.36. The Morgan fingerprint density at radius 2 is 2.27 bits per heavy atom. The molecule has 2 heteroatoms. The molecule has 86 valence electrons. The molecule has 2 atom stereocenters. The Balaban J connectivity index is 1.74. The smallest absolute Gasteiger partial charge is 0.0689 e. The number of rotatable bonds is 3. The monoisotopic (exact) mass is 209 g/mol. The van der Waals surface area contributed by atoms with Crippen LogP contribution in [0.25, 0.3) is 0 Å². The van der Waals surface area contributed by atoms with E-state index in [4.69, 9.17) is 4.74 Å². The highest BCUT2D eigenvalue weighted by Crippen LogP contribution is 2.23. The molecule has 15 heavy (non-hydrogen) atoms. The van der Waals surface area contributed by atoms with E-state index in [1.165, 1.54) is 31.3 Å². The van der Waals surface area contributed by atoms with E-state index in [1.807, 2.05) is 0 Å². The maximum Gasteiger partial charge on any atom is 0.0689 e. The van der Waals surface area contributed by atoms with Crippen LogP contribution in [0, 0.1) is 5.92 Å². The molecule has 2 unspecified atom stereocenters. The summed E-state index contributed by atoms with van der Waals surface area (Å²) in [5, 5.41) is 3.69. The zero-order valence-corrected chi connectivity index (χ0v) is 9.80. The van der Waals surface area contributed by atoms with Crippen molar-refractivity contribution in [3.63, 3.8) is 0 Å². The van der Waals surface area contributed by atoms with Crippen LogP contribution < -0.4 is 5.32 Å². The van der Waals surface area contributed by atoms with Gasteiger partial charge in [-0.3, -0.25) is 0 Å². The van der Waals surface area contributed by atoms with Gasteiger partial charge in [-0.05, 0) is 30.8 Å². The molecule has 1 aliphatic heterocycles. The molecule has 0 radical (unpaired) electrons. The van der Waals surface area contributed by atoms with Gasteiger partial charge in [-0.1, -0.05) is 25.8 Å². The fourth-order valence-electron chi connectivity index (χ4n) is 2.61. The maximum absolute atomic E-state index is 5.44. The Morgan fingerprint density at radius 3 is 3.00 bits per heavy atom. The average molecular weight is 209 g/mol. The Bertz CT molecular complexity index is 225. The molecular formula is C13H23NO. The van der Waals surface area contributed by atoms with Gasteiger partial charge in [0.1, 0.15) is 0 Å². The second-order valence-corrected chi connectivity index (χ2v) is 4.95. The molecule has 2 nitrogen and oxygen atoms in total. The van der Waals surface area contributed by atoms with Crippen molar-refractivity contribution in [3.8, 4) is 0 Å². The molecule has 0 bridgehead atoms. The highest BCUT2D eigenvalue weighted by Gasteiger charge is 2.20. The summed E-state index contributed by atoms with van der Waals surface area (Å²) in [7, 11) is 0. The molecule has 2 aliphatic rings. The predicted molar refractivity (Wildman–Crippen MR) is 62.9 cm³/mol. The van der Waals surface area contributed by atoms with Crippen molar-refractivity contribution in [2.24, 2.45) is 5.92 Å². The first-order valence-corrected chi connectivity index (χ1v) is 6.35. The quantitative estimate of drug-likeness (QED) is 0.721. The van der Waals surface area contributed by atoms with Crippen LogP contribution in [0.4, 0.5) is 0 Å². The molecule has 1 aliphatic carbocycles. The Labute approximate surface area is 93.1 Å². The van der Waals surface area contributed by atoms with Gasteiger partial charge >= 0.3 is 0 Å². The van der Waals surface area contributed by atoms with Crippen LogP contribution in [-0.2, 0) is 4.74 Å². The molecule has 1 N–H and O–H groups in total. The zero-order valence-electron chi connectivity index (χ0n) is 9.80. The summed E-state index contributed by atoms with van der Waals surface area (Å²) >= 11 is 0. The largest absolute Gasteiger partial charge is 0.377 e. The summed E-state index contributed by atoms with van der Waals surface area (Å²) in [4.78, 5) is 0. The summed E-state index contributed by atoms with van der Waals surface area (Å²) in [5.41, 5.74) is 1.44. The molecule has 0 aromatic carbocycles. The van der Waals surface area contributed by atoms with Crippen molar-refractivity contribution in [1.29, 1.82) is 0 Å². The minimum absolute atomic E-state index is 0.738. The third-order valence-electron chi connectivity index (χ3n) is 3.69. The van der Waals surface area contributed by atoms with Crippen LogP contribution in [0.1, 0.15) is 39.0 Å². The maximum atomic E-state index is 5.44.